The largest absolute Gasteiger partial charge is 0.391 e. The Bertz CT molecular complexity index is 624. The Morgan fingerprint density at radius 2 is 2.04 bits per heavy atom. The van der Waals surface area contributed by atoms with Crippen LogP contribution in [0, 0.1) is 0 Å². The molecular formula is C18H25N5O. The van der Waals surface area contributed by atoms with Crippen LogP contribution in [0.4, 0.5) is 0 Å². The quantitative estimate of drug-likeness (QED) is 0.864. The highest BCUT2D eigenvalue weighted by Crippen LogP contribution is 2.33. The first kappa shape index (κ1) is 15.7. The molecule has 24 heavy (non-hydrogen) atoms. The zero-order valence-electron chi connectivity index (χ0n) is 13.8. The maximum absolute atomic E-state index is 10.1. The number of hydrogen-bond acceptors (Lipinski definition) is 5. The minimum Gasteiger partial charge on any atom is -0.391 e. The SMILES string of the molecule is O[C@@H]1C[C@H](NC2CCN(Cc3ccccn3)CC2)[C@H]1n1cccn1. The van der Waals surface area contributed by atoms with Crippen LogP contribution in [0.25, 0.3) is 0 Å². The lowest BCUT2D eigenvalue weighted by atomic mass is 9.82. The maximum Gasteiger partial charge on any atom is 0.0932 e. The summed E-state index contributed by atoms with van der Waals surface area (Å²) in [5, 5.41) is 18.1. The third kappa shape index (κ3) is 3.36. The third-order valence-corrected chi connectivity index (χ3v) is 5.28. The molecule has 6 nitrogen and oxygen atoms in total. The van der Waals surface area contributed by atoms with Gasteiger partial charge in [-0.1, -0.05) is 6.07 Å². The van der Waals surface area contributed by atoms with Gasteiger partial charge in [-0.2, -0.15) is 5.10 Å². The van der Waals surface area contributed by atoms with Crippen LogP contribution in [0.5, 0.6) is 0 Å². The minimum absolute atomic E-state index is 0.0755. The van der Waals surface area contributed by atoms with Crippen molar-refractivity contribution in [3.8, 4) is 0 Å². The van der Waals surface area contributed by atoms with Gasteiger partial charge >= 0.3 is 0 Å². The van der Waals surface area contributed by atoms with Crippen LogP contribution in [0.3, 0.4) is 0 Å². The minimum atomic E-state index is -0.286. The molecule has 2 aromatic rings. The average molecular weight is 327 g/mol. The third-order valence-electron chi connectivity index (χ3n) is 5.28. The number of hydrogen-bond donors (Lipinski definition) is 2. The van der Waals surface area contributed by atoms with Crippen LogP contribution in [-0.4, -0.2) is 56.0 Å². The number of nitrogens with one attached hydrogen (secondary N) is 1. The van der Waals surface area contributed by atoms with Gasteiger partial charge in [0.2, 0.25) is 0 Å². The topological polar surface area (TPSA) is 66.2 Å². The standard InChI is InChI=1S/C18H25N5O/c24-17-12-16(18(17)23-9-3-8-20-23)21-14-5-10-22(11-6-14)13-15-4-1-2-7-19-15/h1-4,7-9,14,16-18,21,24H,5-6,10-13H2/t16-,17+,18+/m0/s1. The maximum atomic E-state index is 10.1. The monoisotopic (exact) mass is 327 g/mol. The van der Waals surface area contributed by atoms with Gasteiger partial charge in [-0.05, 0) is 37.5 Å². The lowest BCUT2D eigenvalue weighted by Gasteiger charge is -2.45. The van der Waals surface area contributed by atoms with E-state index in [4.69, 9.17) is 0 Å². The van der Waals surface area contributed by atoms with E-state index in [2.05, 4.69) is 26.4 Å². The van der Waals surface area contributed by atoms with Crippen molar-refractivity contribution in [3.63, 3.8) is 0 Å². The Hall–Kier alpha value is -1.76. The fourth-order valence-electron chi connectivity index (χ4n) is 3.88. The van der Waals surface area contributed by atoms with Gasteiger partial charge in [0, 0.05) is 50.3 Å². The van der Waals surface area contributed by atoms with Gasteiger partial charge in [0.25, 0.3) is 0 Å². The van der Waals surface area contributed by atoms with Gasteiger partial charge in [-0.3, -0.25) is 14.6 Å². The zero-order chi connectivity index (χ0) is 16.4. The second-order valence-electron chi connectivity index (χ2n) is 6.92. The van der Waals surface area contributed by atoms with Crippen LogP contribution in [0.15, 0.2) is 42.9 Å². The van der Waals surface area contributed by atoms with Crippen LogP contribution in [0.1, 0.15) is 31.0 Å². The summed E-state index contributed by atoms with van der Waals surface area (Å²) in [4.78, 5) is 6.89. The highest BCUT2D eigenvalue weighted by atomic mass is 16.3. The molecule has 2 fully saturated rings. The number of rotatable bonds is 5. The fraction of sp³-hybridized carbons (Fsp3) is 0.556. The van der Waals surface area contributed by atoms with Crippen LogP contribution in [0.2, 0.25) is 0 Å². The number of aromatic nitrogens is 3. The molecule has 3 atom stereocenters. The number of likely N-dealkylation sites (tertiary alicyclic amines) is 1. The van der Waals surface area contributed by atoms with E-state index >= 15 is 0 Å². The van der Waals surface area contributed by atoms with Crippen molar-refractivity contribution in [2.24, 2.45) is 0 Å². The highest BCUT2D eigenvalue weighted by molar-refractivity contribution is 5.04. The van der Waals surface area contributed by atoms with Crippen molar-refractivity contribution in [1.82, 2.24) is 25.0 Å². The summed E-state index contributed by atoms with van der Waals surface area (Å²) in [5.41, 5.74) is 1.14. The van der Waals surface area contributed by atoms with Crippen LogP contribution in [-0.2, 0) is 6.54 Å². The van der Waals surface area contributed by atoms with Crippen molar-refractivity contribution in [2.75, 3.05) is 13.1 Å². The summed E-state index contributed by atoms with van der Waals surface area (Å²) in [6.45, 7) is 3.12. The van der Waals surface area contributed by atoms with Crippen molar-refractivity contribution >= 4 is 0 Å². The molecular weight excluding hydrogens is 302 g/mol. The van der Waals surface area contributed by atoms with E-state index in [0.29, 0.717) is 12.1 Å². The van der Waals surface area contributed by atoms with E-state index < -0.39 is 0 Å². The molecule has 1 saturated carbocycles. The summed E-state index contributed by atoms with van der Waals surface area (Å²) in [5.74, 6) is 0. The molecule has 1 aliphatic heterocycles. The molecule has 3 heterocycles. The first-order valence-corrected chi connectivity index (χ1v) is 8.85. The number of aliphatic hydroxyl groups is 1. The van der Waals surface area contributed by atoms with E-state index in [0.717, 1.165) is 44.6 Å². The molecule has 2 aliphatic rings. The molecule has 0 aromatic carbocycles. The van der Waals surface area contributed by atoms with Gasteiger partial charge in [0.15, 0.2) is 0 Å². The Balaban J connectivity index is 1.26. The number of pyridine rings is 1. The summed E-state index contributed by atoms with van der Waals surface area (Å²) < 4.78 is 1.89. The summed E-state index contributed by atoms with van der Waals surface area (Å²) in [6.07, 6.45) is 8.40. The van der Waals surface area contributed by atoms with Crippen molar-refractivity contribution in [2.45, 2.75) is 50.0 Å². The van der Waals surface area contributed by atoms with E-state index in [1.807, 2.05) is 35.3 Å². The van der Waals surface area contributed by atoms with Gasteiger partial charge in [0.1, 0.15) is 0 Å². The fourth-order valence-corrected chi connectivity index (χ4v) is 3.88. The number of piperidine rings is 1. The van der Waals surface area contributed by atoms with E-state index in [9.17, 15) is 5.11 Å². The summed E-state index contributed by atoms with van der Waals surface area (Å²) in [6, 6.07) is 8.95. The molecule has 1 aliphatic carbocycles. The lowest BCUT2D eigenvalue weighted by molar-refractivity contribution is -0.0147. The summed E-state index contributed by atoms with van der Waals surface area (Å²) >= 11 is 0. The van der Waals surface area contributed by atoms with E-state index in [-0.39, 0.29) is 12.1 Å². The van der Waals surface area contributed by atoms with Crippen molar-refractivity contribution < 1.29 is 5.11 Å². The predicted molar refractivity (Wildman–Crippen MR) is 91.3 cm³/mol. The van der Waals surface area contributed by atoms with Crippen LogP contribution < -0.4 is 5.32 Å². The lowest BCUT2D eigenvalue weighted by Crippen LogP contribution is -2.58. The second kappa shape index (κ2) is 7.01. The van der Waals surface area contributed by atoms with Gasteiger partial charge in [0.05, 0.1) is 17.8 Å². The first-order chi connectivity index (χ1) is 11.8. The molecule has 2 N–H and O–H groups in total. The molecule has 0 bridgehead atoms. The van der Waals surface area contributed by atoms with Gasteiger partial charge < -0.3 is 10.4 Å². The molecule has 128 valence electrons. The predicted octanol–water partition coefficient (Wildman–Crippen LogP) is 1.21. The second-order valence-corrected chi connectivity index (χ2v) is 6.92. The normalized spacial score (nSPS) is 28.6. The van der Waals surface area contributed by atoms with Crippen molar-refractivity contribution in [3.05, 3.63) is 48.5 Å². The molecule has 0 spiro atoms. The van der Waals surface area contributed by atoms with Gasteiger partial charge in [-0.25, -0.2) is 0 Å². The molecule has 4 rings (SSSR count). The number of aliphatic hydroxyl groups excluding tert-OH is 1. The van der Waals surface area contributed by atoms with E-state index in [1.165, 1.54) is 0 Å². The molecule has 0 radical (unpaired) electrons. The Labute approximate surface area is 142 Å². The molecule has 0 unspecified atom stereocenters. The molecule has 6 heteroatoms. The Morgan fingerprint density at radius 3 is 2.71 bits per heavy atom. The van der Waals surface area contributed by atoms with Crippen LogP contribution >= 0.6 is 0 Å². The van der Waals surface area contributed by atoms with Gasteiger partial charge in [-0.15, -0.1) is 0 Å². The summed E-state index contributed by atoms with van der Waals surface area (Å²) in [7, 11) is 0. The number of nitrogens with zero attached hydrogens (tertiary/aromatic N) is 4. The van der Waals surface area contributed by atoms with Crippen molar-refractivity contribution in [1.29, 1.82) is 0 Å². The Kier molecular flexibility index (Phi) is 4.60. The Morgan fingerprint density at radius 1 is 1.17 bits per heavy atom. The molecule has 1 saturated heterocycles. The van der Waals surface area contributed by atoms with E-state index in [1.54, 1.807) is 6.20 Å². The molecule has 0 amide bonds. The highest BCUT2D eigenvalue weighted by Gasteiger charge is 2.42. The average Bonchev–Trinajstić information content (AvgIpc) is 3.10. The molecule has 2 aromatic heterocycles. The zero-order valence-corrected chi connectivity index (χ0v) is 13.8. The smallest absolute Gasteiger partial charge is 0.0932 e. The first-order valence-electron chi connectivity index (χ1n) is 8.85.